The Morgan fingerprint density at radius 1 is 1.13 bits per heavy atom. The largest absolute Gasteiger partial charge is 0.481 e. The number of rotatable bonds is 4. The zero-order valence-corrected chi connectivity index (χ0v) is 13.7. The van der Waals surface area contributed by atoms with Crippen LogP contribution in [0, 0.1) is 29.1 Å². The van der Waals surface area contributed by atoms with E-state index in [4.69, 9.17) is 5.26 Å². The number of nitrogens with one attached hydrogen (secondary N) is 1. The molecular formula is C17H27N3O3. The lowest BCUT2D eigenvalue weighted by atomic mass is 9.86. The Labute approximate surface area is 137 Å². The minimum absolute atomic E-state index is 0.0387. The molecule has 0 bridgehead atoms. The Morgan fingerprint density at radius 3 is 2.26 bits per heavy atom. The molecule has 1 aliphatic heterocycles. The van der Waals surface area contributed by atoms with Crippen LogP contribution in [0.25, 0.3) is 0 Å². The minimum Gasteiger partial charge on any atom is -0.481 e. The Morgan fingerprint density at radius 2 is 1.74 bits per heavy atom. The molecule has 128 valence electrons. The Hall–Kier alpha value is -1.77. The maximum absolute atomic E-state index is 12.2. The van der Waals surface area contributed by atoms with E-state index in [9.17, 15) is 14.7 Å². The number of hydrogen-bond acceptors (Lipinski definition) is 3. The summed E-state index contributed by atoms with van der Waals surface area (Å²) in [6.45, 7) is 1.35. The number of nitriles is 1. The molecule has 2 rings (SSSR count). The summed E-state index contributed by atoms with van der Waals surface area (Å²) in [5.41, 5.74) is 0. The summed E-state index contributed by atoms with van der Waals surface area (Å²) in [6, 6.07) is 2.05. The van der Waals surface area contributed by atoms with Gasteiger partial charge in [-0.3, -0.25) is 4.79 Å². The molecule has 6 heteroatoms. The van der Waals surface area contributed by atoms with Crippen molar-refractivity contribution in [3.8, 4) is 6.07 Å². The van der Waals surface area contributed by atoms with E-state index in [1.807, 2.05) is 0 Å². The van der Waals surface area contributed by atoms with Crippen molar-refractivity contribution in [1.82, 2.24) is 10.2 Å². The van der Waals surface area contributed by atoms with Crippen molar-refractivity contribution in [2.24, 2.45) is 17.8 Å². The summed E-state index contributed by atoms with van der Waals surface area (Å²) in [4.78, 5) is 25.5. The SMILES string of the molecule is N#CC1CCN(C(=O)NCC(C(=O)O)C2CCCCCC2)CC1. The number of piperidine rings is 1. The number of carbonyl (C=O) groups excluding carboxylic acids is 1. The molecule has 1 heterocycles. The number of nitrogens with zero attached hydrogens (tertiary/aromatic N) is 2. The minimum atomic E-state index is -0.805. The van der Waals surface area contributed by atoms with Crippen molar-refractivity contribution in [2.75, 3.05) is 19.6 Å². The molecule has 1 aliphatic carbocycles. The molecule has 2 N–H and O–H groups in total. The fraction of sp³-hybridized carbons (Fsp3) is 0.824. The highest BCUT2D eigenvalue weighted by Crippen LogP contribution is 2.29. The van der Waals surface area contributed by atoms with Gasteiger partial charge in [0.05, 0.1) is 12.0 Å². The first kappa shape index (κ1) is 17.6. The van der Waals surface area contributed by atoms with Gasteiger partial charge in [0.2, 0.25) is 0 Å². The molecule has 2 fully saturated rings. The topological polar surface area (TPSA) is 93.4 Å². The van der Waals surface area contributed by atoms with Crippen molar-refractivity contribution in [1.29, 1.82) is 5.26 Å². The van der Waals surface area contributed by atoms with Gasteiger partial charge in [-0.15, -0.1) is 0 Å². The van der Waals surface area contributed by atoms with Crippen molar-refractivity contribution < 1.29 is 14.7 Å². The van der Waals surface area contributed by atoms with Crippen molar-refractivity contribution in [3.05, 3.63) is 0 Å². The first-order valence-corrected chi connectivity index (χ1v) is 8.77. The average Bonchev–Trinajstić information content (AvgIpc) is 2.84. The van der Waals surface area contributed by atoms with Gasteiger partial charge in [-0.2, -0.15) is 5.26 Å². The zero-order valence-electron chi connectivity index (χ0n) is 13.7. The van der Waals surface area contributed by atoms with E-state index >= 15 is 0 Å². The maximum Gasteiger partial charge on any atom is 0.317 e. The number of hydrogen-bond donors (Lipinski definition) is 2. The van der Waals surface area contributed by atoms with Gasteiger partial charge in [-0.1, -0.05) is 25.7 Å². The van der Waals surface area contributed by atoms with Gasteiger partial charge in [-0.25, -0.2) is 4.79 Å². The monoisotopic (exact) mass is 321 g/mol. The summed E-state index contributed by atoms with van der Waals surface area (Å²) < 4.78 is 0. The predicted octanol–water partition coefficient (Wildman–Crippen LogP) is 2.60. The van der Waals surface area contributed by atoms with E-state index in [2.05, 4.69) is 11.4 Å². The van der Waals surface area contributed by atoms with Crippen LogP contribution in [0.3, 0.4) is 0 Å². The molecule has 2 aliphatic rings. The van der Waals surface area contributed by atoms with Crippen LogP contribution in [0.4, 0.5) is 4.79 Å². The van der Waals surface area contributed by atoms with Crippen molar-refractivity contribution in [2.45, 2.75) is 51.4 Å². The molecular weight excluding hydrogens is 294 g/mol. The average molecular weight is 321 g/mol. The second kappa shape index (κ2) is 8.76. The summed E-state index contributed by atoms with van der Waals surface area (Å²) in [7, 11) is 0. The van der Waals surface area contributed by atoms with Gasteiger partial charge < -0.3 is 15.3 Å². The molecule has 23 heavy (non-hydrogen) atoms. The van der Waals surface area contributed by atoms with Crippen LogP contribution in [0.2, 0.25) is 0 Å². The van der Waals surface area contributed by atoms with Crippen LogP contribution in [-0.4, -0.2) is 41.6 Å². The first-order chi connectivity index (χ1) is 11.1. The number of amides is 2. The lowest BCUT2D eigenvalue weighted by Gasteiger charge is -2.30. The molecule has 0 spiro atoms. The highest BCUT2D eigenvalue weighted by atomic mass is 16.4. The third-order valence-electron chi connectivity index (χ3n) is 5.22. The number of likely N-dealkylation sites (tertiary alicyclic amines) is 1. The van der Waals surface area contributed by atoms with E-state index in [-0.39, 0.29) is 24.4 Å². The standard InChI is InChI=1S/C17H27N3O3/c18-11-13-7-9-20(10-8-13)17(23)19-12-15(16(21)22)14-5-3-1-2-4-6-14/h13-15H,1-10,12H2,(H,19,23)(H,21,22). The Bertz CT molecular complexity index is 444. The fourth-order valence-electron chi connectivity index (χ4n) is 3.69. The summed E-state index contributed by atoms with van der Waals surface area (Å²) in [5.74, 6) is -1.09. The molecule has 0 aromatic carbocycles. The Balaban J connectivity index is 1.82. The Kier molecular flexibility index (Phi) is 6.69. The lowest BCUT2D eigenvalue weighted by molar-refractivity contribution is -0.143. The van der Waals surface area contributed by atoms with Crippen LogP contribution in [0.15, 0.2) is 0 Å². The molecule has 1 saturated carbocycles. The summed E-state index contributed by atoms with van der Waals surface area (Å²) in [6.07, 6.45) is 7.84. The maximum atomic E-state index is 12.2. The smallest absolute Gasteiger partial charge is 0.317 e. The number of aliphatic carboxylic acids is 1. The molecule has 0 aromatic heterocycles. The quantitative estimate of drug-likeness (QED) is 0.778. The van der Waals surface area contributed by atoms with Gasteiger partial charge >= 0.3 is 12.0 Å². The van der Waals surface area contributed by atoms with Crippen molar-refractivity contribution >= 4 is 12.0 Å². The van der Waals surface area contributed by atoms with Gasteiger partial charge in [0.1, 0.15) is 0 Å². The van der Waals surface area contributed by atoms with Crippen LogP contribution in [0.5, 0.6) is 0 Å². The highest BCUT2D eigenvalue weighted by Gasteiger charge is 2.30. The van der Waals surface area contributed by atoms with Gasteiger partial charge in [0.25, 0.3) is 0 Å². The molecule has 0 aromatic rings. The third-order valence-corrected chi connectivity index (χ3v) is 5.22. The van der Waals surface area contributed by atoms with E-state index in [0.29, 0.717) is 25.9 Å². The zero-order chi connectivity index (χ0) is 16.7. The summed E-state index contributed by atoms with van der Waals surface area (Å²) in [5, 5.41) is 21.2. The van der Waals surface area contributed by atoms with E-state index in [0.717, 1.165) is 25.7 Å². The third kappa shape index (κ3) is 5.12. The van der Waals surface area contributed by atoms with E-state index < -0.39 is 11.9 Å². The molecule has 1 unspecified atom stereocenters. The van der Waals surface area contributed by atoms with Gasteiger partial charge in [0, 0.05) is 25.6 Å². The first-order valence-electron chi connectivity index (χ1n) is 8.77. The van der Waals surface area contributed by atoms with Gasteiger partial charge in [-0.05, 0) is 31.6 Å². The van der Waals surface area contributed by atoms with Crippen LogP contribution >= 0.6 is 0 Å². The number of carboxylic acid groups (broad SMARTS) is 1. The number of carboxylic acids is 1. The number of urea groups is 1. The van der Waals surface area contributed by atoms with E-state index in [1.54, 1.807) is 4.90 Å². The molecule has 0 radical (unpaired) electrons. The lowest BCUT2D eigenvalue weighted by Crippen LogP contribution is -2.47. The number of carbonyl (C=O) groups is 2. The van der Waals surface area contributed by atoms with Crippen LogP contribution < -0.4 is 5.32 Å². The van der Waals surface area contributed by atoms with Gasteiger partial charge in [0.15, 0.2) is 0 Å². The second-order valence-electron chi connectivity index (χ2n) is 6.77. The molecule has 6 nitrogen and oxygen atoms in total. The normalized spacial score (nSPS) is 22.0. The van der Waals surface area contributed by atoms with E-state index in [1.165, 1.54) is 12.8 Å². The highest BCUT2D eigenvalue weighted by molar-refractivity contribution is 5.76. The van der Waals surface area contributed by atoms with Crippen LogP contribution in [-0.2, 0) is 4.79 Å². The van der Waals surface area contributed by atoms with Crippen LogP contribution in [0.1, 0.15) is 51.4 Å². The molecule has 2 amide bonds. The fourth-order valence-corrected chi connectivity index (χ4v) is 3.69. The van der Waals surface area contributed by atoms with Crippen molar-refractivity contribution in [3.63, 3.8) is 0 Å². The second-order valence-corrected chi connectivity index (χ2v) is 6.77. The predicted molar refractivity (Wildman–Crippen MR) is 85.6 cm³/mol. The molecule has 1 saturated heterocycles. The summed E-state index contributed by atoms with van der Waals surface area (Å²) >= 11 is 0. The molecule has 1 atom stereocenters.